The van der Waals surface area contributed by atoms with Gasteiger partial charge in [-0.3, -0.25) is 25.1 Å². The zero-order chi connectivity index (χ0) is 19.6. The van der Waals surface area contributed by atoms with Crippen LogP contribution in [0.2, 0.25) is 0 Å². The van der Waals surface area contributed by atoms with Gasteiger partial charge in [-0.15, -0.1) is 0 Å². The summed E-state index contributed by atoms with van der Waals surface area (Å²) < 4.78 is 0.153. The van der Waals surface area contributed by atoms with E-state index in [0.29, 0.717) is 5.56 Å². The van der Waals surface area contributed by atoms with E-state index in [4.69, 9.17) is 12.2 Å². The molecule has 136 valence electrons. The lowest BCUT2D eigenvalue weighted by Gasteiger charge is -2.15. The molecule has 27 heavy (non-hydrogen) atoms. The Balaban J connectivity index is 1.75. The molecule has 3 rings (SSSR count). The minimum Gasteiger partial charge on any atom is -0.508 e. The number of phenolic OH excluding ortho intramolecular Hbond substituents is 1. The molecule has 2 N–H and O–H groups in total. The van der Waals surface area contributed by atoms with E-state index >= 15 is 0 Å². The summed E-state index contributed by atoms with van der Waals surface area (Å²) in [5.41, 5.74) is 3.21. The number of nitro benzene ring substituents is 1. The normalized spacial score (nSPS) is 15.3. The number of thiocarbonyl (C=S) groups is 1. The average molecular weight is 401 g/mol. The number of thioether (sulfide) groups is 1. The van der Waals surface area contributed by atoms with E-state index < -0.39 is 16.7 Å². The van der Waals surface area contributed by atoms with E-state index in [1.807, 2.05) is 0 Å². The van der Waals surface area contributed by atoms with Gasteiger partial charge in [-0.05, 0) is 60.3 Å². The fourth-order valence-corrected chi connectivity index (χ4v) is 3.37. The van der Waals surface area contributed by atoms with Gasteiger partial charge in [0.2, 0.25) is 0 Å². The molecule has 2 aromatic rings. The molecule has 0 bridgehead atoms. The molecule has 0 aromatic heterocycles. The molecule has 2 amide bonds. The Labute approximate surface area is 162 Å². The lowest BCUT2D eigenvalue weighted by molar-refractivity contribution is -0.384. The third-order valence-electron chi connectivity index (χ3n) is 3.54. The van der Waals surface area contributed by atoms with Crippen molar-refractivity contribution in [2.45, 2.75) is 0 Å². The fourth-order valence-electron chi connectivity index (χ4n) is 2.19. The van der Waals surface area contributed by atoms with Crippen LogP contribution in [-0.4, -0.2) is 31.2 Å². The zero-order valence-corrected chi connectivity index (χ0v) is 15.1. The van der Waals surface area contributed by atoms with Crippen LogP contribution in [0.15, 0.2) is 53.4 Å². The van der Waals surface area contributed by atoms with E-state index in [1.54, 1.807) is 0 Å². The van der Waals surface area contributed by atoms with Crippen LogP contribution in [0.3, 0.4) is 0 Å². The van der Waals surface area contributed by atoms with Gasteiger partial charge in [0.25, 0.3) is 17.5 Å². The highest BCUT2D eigenvalue weighted by Gasteiger charge is 2.33. The number of hydrogen-bond donors (Lipinski definition) is 2. The lowest BCUT2D eigenvalue weighted by atomic mass is 10.2. The molecular formula is C17H11N3O5S2. The highest BCUT2D eigenvalue weighted by atomic mass is 32.2. The van der Waals surface area contributed by atoms with Crippen molar-refractivity contribution in [1.29, 1.82) is 0 Å². The number of non-ortho nitro benzene ring substituents is 1. The average Bonchev–Trinajstić information content (AvgIpc) is 2.90. The number of phenols is 1. The van der Waals surface area contributed by atoms with E-state index in [0.717, 1.165) is 16.8 Å². The van der Waals surface area contributed by atoms with Crippen LogP contribution >= 0.6 is 24.0 Å². The first-order valence-electron chi connectivity index (χ1n) is 7.47. The van der Waals surface area contributed by atoms with Gasteiger partial charge < -0.3 is 5.11 Å². The van der Waals surface area contributed by atoms with E-state index in [-0.39, 0.29) is 26.2 Å². The van der Waals surface area contributed by atoms with Crippen molar-refractivity contribution in [1.82, 2.24) is 10.4 Å². The minimum atomic E-state index is -0.553. The molecular weight excluding hydrogens is 390 g/mol. The standard InChI is InChI=1S/C17H11N3O5S2/c21-13-7-3-11(4-8-13)15(22)18-19-16(23)14(27-17(19)26)9-10-1-5-12(6-2-10)20(24)25/h1-9,21H,(H,18,22)/b14-9-. The van der Waals surface area contributed by atoms with Gasteiger partial charge in [-0.1, -0.05) is 11.8 Å². The maximum atomic E-state index is 12.5. The number of aromatic hydroxyl groups is 1. The fraction of sp³-hybridized carbons (Fsp3) is 0. The molecule has 0 radical (unpaired) electrons. The first kappa shape index (κ1) is 18.5. The number of nitro groups is 1. The van der Waals surface area contributed by atoms with Crippen molar-refractivity contribution in [2.75, 3.05) is 0 Å². The summed E-state index contributed by atoms with van der Waals surface area (Å²) in [5.74, 6) is -1.04. The van der Waals surface area contributed by atoms with Crippen LogP contribution in [0.4, 0.5) is 5.69 Å². The third-order valence-corrected chi connectivity index (χ3v) is 4.84. The van der Waals surface area contributed by atoms with Crippen LogP contribution in [0.25, 0.3) is 6.08 Å². The maximum absolute atomic E-state index is 12.5. The maximum Gasteiger partial charge on any atom is 0.285 e. The van der Waals surface area contributed by atoms with Crippen molar-refractivity contribution < 1.29 is 19.6 Å². The quantitative estimate of drug-likeness (QED) is 0.350. The van der Waals surface area contributed by atoms with Crippen molar-refractivity contribution in [2.24, 2.45) is 0 Å². The van der Waals surface area contributed by atoms with Crippen LogP contribution < -0.4 is 5.43 Å². The number of rotatable bonds is 4. The first-order chi connectivity index (χ1) is 12.8. The summed E-state index contributed by atoms with van der Waals surface area (Å²) in [6, 6.07) is 11.2. The Bertz CT molecular complexity index is 971. The molecule has 1 saturated heterocycles. The summed E-state index contributed by atoms with van der Waals surface area (Å²) in [4.78, 5) is 35.2. The molecule has 1 heterocycles. The Morgan fingerprint density at radius 2 is 1.81 bits per heavy atom. The molecule has 8 nitrogen and oxygen atoms in total. The second kappa shape index (κ2) is 7.56. The highest BCUT2D eigenvalue weighted by Crippen LogP contribution is 2.31. The summed E-state index contributed by atoms with van der Waals surface area (Å²) in [6.07, 6.45) is 1.54. The van der Waals surface area contributed by atoms with Gasteiger partial charge in [-0.2, -0.15) is 5.01 Å². The molecule has 0 atom stereocenters. The van der Waals surface area contributed by atoms with Crippen LogP contribution in [0.5, 0.6) is 5.75 Å². The minimum absolute atomic E-state index is 0.0168. The molecule has 2 aromatic carbocycles. The SMILES string of the molecule is O=C(NN1C(=O)/C(=C/c2ccc([N+](=O)[O-])cc2)SC1=S)c1ccc(O)cc1. The molecule has 0 saturated carbocycles. The number of carbonyl (C=O) groups is 2. The zero-order valence-electron chi connectivity index (χ0n) is 13.5. The van der Waals surface area contributed by atoms with Gasteiger partial charge in [-0.25, -0.2) is 0 Å². The second-order valence-corrected chi connectivity index (χ2v) is 7.03. The van der Waals surface area contributed by atoms with E-state index in [1.165, 1.54) is 54.6 Å². The predicted molar refractivity (Wildman–Crippen MR) is 104 cm³/mol. The van der Waals surface area contributed by atoms with Crippen molar-refractivity contribution >= 4 is 51.9 Å². The van der Waals surface area contributed by atoms with E-state index in [2.05, 4.69) is 5.43 Å². The second-order valence-electron chi connectivity index (χ2n) is 5.35. The molecule has 0 spiro atoms. The smallest absolute Gasteiger partial charge is 0.285 e. The number of nitrogens with zero attached hydrogens (tertiary/aromatic N) is 2. The van der Waals surface area contributed by atoms with Gasteiger partial charge >= 0.3 is 0 Å². The summed E-state index contributed by atoms with van der Waals surface area (Å²) >= 11 is 6.15. The monoisotopic (exact) mass is 401 g/mol. The molecule has 0 aliphatic carbocycles. The van der Waals surface area contributed by atoms with Gasteiger partial charge in [0.05, 0.1) is 9.83 Å². The van der Waals surface area contributed by atoms with Gasteiger partial charge in [0.1, 0.15) is 5.75 Å². The summed E-state index contributed by atoms with van der Waals surface area (Å²) in [6.45, 7) is 0. The Morgan fingerprint density at radius 3 is 2.41 bits per heavy atom. The van der Waals surface area contributed by atoms with Crippen molar-refractivity contribution in [3.05, 3.63) is 74.7 Å². The van der Waals surface area contributed by atoms with Crippen molar-refractivity contribution in [3.8, 4) is 5.75 Å². The molecule has 1 aliphatic rings. The van der Waals surface area contributed by atoms with E-state index in [9.17, 15) is 24.8 Å². The molecule has 1 aliphatic heterocycles. The summed E-state index contributed by atoms with van der Waals surface area (Å²) in [5, 5.41) is 20.9. The molecule has 0 unspecified atom stereocenters. The molecule has 10 heteroatoms. The van der Waals surface area contributed by atoms with Crippen molar-refractivity contribution in [3.63, 3.8) is 0 Å². The topological polar surface area (TPSA) is 113 Å². The van der Waals surface area contributed by atoms with Gasteiger partial charge in [0, 0.05) is 17.7 Å². The number of amides is 2. The first-order valence-corrected chi connectivity index (χ1v) is 8.70. The lowest BCUT2D eigenvalue weighted by Crippen LogP contribution is -2.44. The molecule has 1 fully saturated rings. The van der Waals surface area contributed by atoms with Crippen LogP contribution in [0.1, 0.15) is 15.9 Å². The number of hydrazine groups is 1. The number of carbonyl (C=O) groups excluding carboxylic acids is 2. The Hall–Kier alpha value is -3.24. The number of nitrogens with one attached hydrogen (secondary N) is 1. The van der Waals surface area contributed by atoms with Gasteiger partial charge in [0.15, 0.2) is 4.32 Å². The predicted octanol–water partition coefficient (Wildman–Crippen LogP) is 2.85. The van der Waals surface area contributed by atoms with Crippen LogP contribution in [-0.2, 0) is 4.79 Å². The third kappa shape index (κ3) is 4.13. The summed E-state index contributed by atoms with van der Waals surface area (Å²) in [7, 11) is 0. The largest absolute Gasteiger partial charge is 0.508 e. The Kier molecular flexibility index (Phi) is 5.19. The Morgan fingerprint density at radius 1 is 1.19 bits per heavy atom. The number of benzene rings is 2. The highest BCUT2D eigenvalue weighted by molar-refractivity contribution is 8.26. The number of hydrogen-bond acceptors (Lipinski definition) is 7. The van der Waals surface area contributed by atoms with Crippen LogP contribution in [0, 0.1) is 10.1 Å².